The first-order valence-corrected chi connectivity index (χ1v) is 26.0. The van der Waals surface area contributed by atoms with E-state index in [4.69, 9.17) is 9.97 Å². The van der Waals surface area contributed by atoms with Gasteiger partial charge < -0.3 is 0 Å². The van der Waals surface area contributed by atoms with Gasteiger partial charge in [-0.3, -0.25) is 4.57 Å². The van der Waals surface area contributed by atoms with E-state index in [2.05, 4.69) is 265 Å². The zero-order valence-electron chi connectivity index (χ0n) is 40.1. The van der Waals surface area contributed by atoms with E-state index < -0.39 is 0 Å². The van der Waals surface area contributed by atoms with Gasteiger partial charge in [0.05, 0.1) is 16.7 Å². The van der Waals surface area contributed by atoms with Gasteiger partial charge in [-0.2, -0.15) is 0 Å². The summed E-state index contributed by atoms with van der Waals surface area (Å²) < 4.78 is 5.00. The van der Waals surface area contributed by atoms with Crippen molar-refractivity contribution in [2.75, 3.05) is 0 Å². The second-order valence-corrected chi connectivity index (χ2v) is 20.4. The fourth-order valence-electron chi connectivity index (χ4n) is 11.3. The molecule has 0 saturated heterocycles. The molecular weight excluding hydrogens is 915 g/mol. The van der Waals surface area contributed by atoms with Gasteiger partial charge in [-0.25, -0.2) is 9.97 Å². The lowest BCUT2D eigenvalue weighted by molar-refractivity contribution is 1.05. The summed E-state index contributed by atoms with van der Waals surface area (Å²) in [5.41, 5.74) is 14.4. The van der Waals surface area contributed by atoms with Crippen LogP contribution in [0.1, 0.15) is 0 Å². The minimum absolute atomic E-state index is 0.665. The van der Waals surface area contributed by atoms with Crippen molar-refractivity contribution in [2.45, 2.75) is 0 Å². The van der Waals surface area contributed by atoms with Crippen LogP contribution in [0.2, 0.25) is 0 Å². The van der Waals surface area contributed by atoms with E-state index in [1.54, 1.807) is 0 Å². The second kappa shape index (κ2) is 17.1. The third-order valence-corrected chi connectivity index (χ3v) is 16.2. The highest BCUT2D eigenvalue weighted by atomic mass is 32.1. The Morgan fingerprint density at radius 2 is 0.676 bits per heavy atom. The van der Waals surface area contributed by atoms with Crippen molar-refractivity contribution >= 4 is 85.6 Å². The minimum Gasteiger partial charge on any atom is -0.294 e. The van der Waals surface area contributed by atoms with Crippen molar-refractivity contribution in [3.05, 3.63) is 261 Å². The predicted octanol–water partition coefficient (Wildman–Crippen LogP) is 19.4. The molecule has 0 amide bonds. The monoisotopic (exact) mass is 957 g/mol. The van der Waals surface area contributed by atoms with Crippen LogP contribution < -0.4 is 0 Å². The zero-order valence-corrected chi connectivity index (χ0v) is 40.9. The Labute approximate surface area is 431 Å². The summed E-state index contributed by atoms with van der Waals surface area (Å²) in [5, 5.41) is 12.3. The van der Waals surface area contributed by atoms with Gasteiger partial charge >= 0.3 is 0 Å². The smallest absolute Gasteiger partial charge is 0.162 e. The van der Waals surface area contributed by atoms with Crippen LogP contribution in [0.4, 0.5) is 0 Å². The molecule has 0 unspecified atom stereocenters. The summed E-state index contributed by atoms with van der Waals surface area (Å²) in [4.78, 5) is 10.9. The van der Waals surface area contributed by atoms with Crippen LogP contribution >= 0.6 is 11.3 Å². The second-order valence-electron chi connectivity index (χ2n) is 19.3. The number of fused-ring (bicyclic) bond motifs is 12. The Bertz CT molecular complexity index is 4570. The van der Waals surface area contributed by atoms with Gasteiger partial charge in [0.2, 0.25) is 0 Å². The van der Waals surface area contributed by atoms with Gasteiger partial charge in [0.15, 0.2) is 5.82 Å². The van der Waals surface area contributed by atoms with Crippen LogP contribution in [0, 0.1) is 0 Å². The Kier molecular flexibility index (Phi) is 9.75. The van der Waals surface area contributed by atoms with Crippen LogP contribution in [0.15, 0.2) is 261 Å². The topological polar surface area (TPSA) is 30.7 Å². The first-order chi connectivity index (χ1) is 36.6. The lowest BCUT2D eigenvalue weighted by atomic mass is 9.91. The Morgan fingerprint density at radius 1 is 0.243 bits per heavy atom. The molecule has 0 saturated carbocycles. The van der Waals surface area contributed by atoms with Gasteiger partial charge in [-0.05, 0) is 125 Å². The molecule has 15 aromatic rings. The van der Waals surface area contributed by atoms with Crippen molar-refractivity contribution in [3.63, 3.8) is 0 Å². The van der Waals surface area contributed by atoms with E-state index in [0.717, 1.165) is 50.2 Å². The number of rotatable bonds is 7. The molecule has 0 radical (unpaired) electrons. The van der Waals surface area contributed by atoms with Crippen LogP contribution in [-0.2, 0) is 0 Å². The van der Waals surface area contributed by atoms with Crippen molar-refractivity contribution < 1.29 is 0 Å². The Hall–Kier alpha value is -9.48. The summed E-state index contributed by atoms with van der Waals surface area (Å²) in [6, 6.07) is 94.9. The molecule has 12 aromatic carbocycles. The molecule has 0 bridgehead atoms. The van der Waals surface area contributed by atoms with E-state index in [-0.39, 0.29) is 0 Å². The summed E-state index contributed by atoms with van der Waals surface area (Å²) in [6.07, 6.45) is 0. The first kappa shape index (κ1) is 42.2. The molecular formula is C70H43N3S. The largest absolute Gasteiger partial charge is 0.294 e. The maximum absolute atomic E-state index is 5.55. The standard InChI is InChI=1S/C70H43N3S/c1-4-14-44(15-5-1)47-24-28-49(29-25-47)64-43-69(72-70(71-64)50-30-26-48(27-31-50)45-16-6-2-7-17-45)73-65-36-33-51(46-18-8-3-9-19-46)39-61(65)62-41-59-58-38-52(53-34-37-68-63(40-53)57-22-12-13-23-67(57)74-68)32-35-56(58)54-20-10-11-21-55(54)60(59)42-66(62)73/h1-43H. The van der Waals surface area contributed by atoms with Crippen molar-refractivity contribution in [1.82, 2.24) is 14.5 Å². The third kappa shape index (κ3) is 7.03. The zero-order chi connectivity index (χ0) is 48.7. The number of nitrogens with zero attached hydrogens (tertiary/aromatic N) is 3. The van der Waals surface area contributed by atoms with E-state index in [1.807, 2.05) is 11.3 Å². The average molecular weight is 958 g/mol. The molecule has 15 rings (SSSR count). The van der Waals surface area contributed by atoms with Crippen molar-refractivity contribution in [3.8, 4) is 73.0 Å². The normalized spacial score (nSPS) is 11.8. The molecule has 0 fully saturated rings. The highest BCUT2D eigenvalue weighted by molar-refractivity contribution is 7.25. The van der Waals surface area contributed by atoms with Gasteiger partial charge in [-0.1, -0.05) is 206 Å². The molecule has 344 valence electrons. The van der Waals surface area contributed by atoms with E-state index >= 15 is 0 Å². The van der Waals surface area contributed by atoms with Crippen LogP contribution in [0.25, 0.3) is 147 Å². The molecule has 0 N–H and O–H groups in total. The molecule has 0 aliphatic heterocycles. The number of thiophene rings is 1. The highest BCUT2D eigenvalue weighted by Gasteiger charge is 2.21. The summed E-state index contributed by atoms with van der Waals surface area (Å²) in [5.74, 6) is 1.47. The highest BCUT2D eigenvalue weighted by Crippen LogP contribution is 2.44. The third-order valence-electron chi connectivity index (χ3n) is 15.0. The van der Waals surface area contributed by atoms with Crippen molar-refractivity contribution in [1.29, 1.82) is 0 Å². The number of hydrogen-bond donors (Lipinski definition) is 0. The Morgan fingerprint density at radius 3 is 1.36 bits per heavy atom. The fourth-order valence-corrected chi connectivity index (χ4v) is 12.4. The van der Waals surface area contributed by atoms with Crippen LogP contribution in [0.3, 0.4) is 0 Å². The Balaban J connectivity index is 0.986. The molecule has 0 aliphatic carbocycles. The minimum atomic E-state index is 0.665. The first-order valence-electron chi connectivity index (χ1n) is 25.2. The van der Waals surface area contributed by atoms with Gasteiger partial charge in [0.1, 0.15) is 5.82 Å². The molecule has 74 heavy (non-hydrogen) atoms. The van der Waals surface area contributed by atoms with E-state index in [1.165, 1.54) is 91.3 Å². The van der Waals surface area contributed by atoms with Crippen molar-refractivity contribution in [2.24, 2.45) is 0 Å². The number of benzene rings is 12. The summed E-state index contributed by atoms with van der Waals surface area (Å²) in [6.45, 7) is 0. The molecule has 0 aliphatic rings. The summed E-state index contributed by atoms with van der Waals surface area (Å²) >= 11 is 1.86. The van der Waals surface area contributed by atoms with Crippen LogP contribution in [-0.4, -0.2) is 14.5 Å². The molecule has 0 atom stereocenters. The number of hydrogen-bond acceptors (Lipinski definition) is 3. The number of aromatic nitrogens is 3. The average Bonchev–Trinajstić information content (AvgIpc) is 4.06. The molecule has 3 nitrogen and oxygen atoms in total. The lowest BCUT2D eigenvalue weighted by Crippen LogP contribution is -2.02. The predicted molar refractivity (Wildman–Crippen MR) is 314 cm³/mol. The van der Waals surface area contributed by atoms with Gasteiger partial charge in [0, 0.05) is 48.1 Å². The lowest BCUT2D eigenvalue weighted by Gasteiger charge is -2.15. The maximum Gasteiger partial charge on any atom is 0.162 e. The van der Waals surface area contributed by atoms with Gasteiger partial charge in [-0.15, -0.1) is 11.3 Å². The van der Waals surface area contributed by atoms with Crippen LogP contribution in [0.5, 0.6) is 0 Å². The SMILES string of the molecule is c1ccc(-c2ccc(-c3cc(-n4c5ccc(-c6ccccc6)cc5c5cc6c7cc(-c8ccc9sc%10ccccc%10c9c8)ccc7c7ccccc7c6cc54)nc(-c4ccc(-c5ccccc5)cc4)n3)cc2)cc1. The molecule has 0 spiro atoms. The summed E-state index contributed by atoms with van der Waals surface area (Å²) in [7, 11) is 0. The van der Waals surface area contributed by atoms with E-state index in [9.17, 15) is 0 Å². The maximum atomic E-state index is 5.55. The van der Waals surface area contributed by atoms with E-state index in [0.29, 0.717) is 5.82 Å². The van der Waals surface area contributed by atoms with Gasteiger partial charge in [0.25, 0.3) is 0 Å². The molecule has 4 heteroatoms. The molecule has 3 heterocycles. The quantitative estimate of drug-likeness (QED) is 0.149. The fraction of sp³-hybridized carbons (Fsp3) is 0. The molecule has 3 aromatic heterocycles.